The molecule has 0 bridgehead atoms. The maximum atomic E-state index is 5.27. The lowest BCUT2D eigenvalue weighted by molar-refractivity contribution is 0.796. The quantitative estimate of drug-likeness (QED) is 0.189. The van der Waals surface area contributed by atoms with Crippen LogP contribution in [0.4, 0.5) is 0 Å². The number of benzene rings is 6. The van der Waals surface area contributed by atoms with Gasteiger partial charge in [-0.2, -0.15) is 0 Å². The second kappa shape index (κ2) is 9.93. The number of rotatable bonds is 4. The Morgan fingerprint density at radius 2 is 1.11 bits per heavy atom. The predicted molar refractivity (Wildman–Crippen MR) is 194 cm³/mol. The Labute approximate surface area is 271 Å². The van der Waals surface area contributed by atoms with Gasteiger partial charge in [-0.25, -0.2) is 15.0 Å². The van der Waals surface area contributed by atoms with Gasteiger partial charge in [0, 0.05) is 34.0 Å². The second-order valence-electron chi connectivity index (χ2n) is 12.3. The molecule has 0 saturated heterocycles. The molecule has 0 N–H and O–H groups in total. The number of hydrogen-bond acceptors (Lipinski definition) is 3. The topological polar surface area (TPSA) is 43.6 Å². The summed E-state index contributed by atoms with van der Waals surface area (Å²) < 4.78 is 2.28. The Morgan fingerprint density at radius 1 is 0.468 bits per heavy atom. The maximum Gasteiger partial charge on any atom is 0.141 e. The zero-order chi connectivity index (χ0) is 31.1. The summed E-state index contributed by atoms with van der Waals surface area (Å²) in [4.78, 5) is 15.5. The third-order valence-electron chi connectivity index (χ3n) is 9.71. The highest BCUT2D eigenvalue weighted by molar-refractivity contribution is 6.15. The molecule has 47 heavy (non-hydrogen) atoms. The third kappa shape index (κ3) is 3.91. The van der Waals surface area contributed by atoms with Crippen LogP contribution in [0.3, 0.4) is 0 Å². The maximum absolute atomic E-state index is 5.27. The molecule has 0 radical (unpaired) electrons. The van der Waals surface area contributed by atoms with Crippen molar-refractivity contribution in [1.82, 2.24) is 19.5 Å². The average Bonchev–Trinajstić information content (AvgIpc) is 3.68. The first kappa shape index (κ1) is 26.1. The van der Waals surface area contributed by atoms with Gasteiger partial charge in [-0.15, -0.1) is 0 Å². The molecule has 9 aromatic rings. The van der Waals surface area contributed by atoms with Crippen LogP contribution >= 0.6 is 0 Å². The smallest absolute Gasteiger partial charge is 0.141 e. The van der Waals surface area contributed by atoms with Crippen LogP contribution in [0.25, 0.3) is 99.8 Å². The Balaban J connectivity index is 1.09. The van der Waals surface area contributed by atoms with E-state index in [0.29, 0.717) is 0 Å². The summed E-state index contributed by atoms with van der Waals surface area (Å²) >= 11 is 0. The minimum Gasteiger partial charge on any atom is -0.324 e. The first-order valence-corrected chi connectivity index (χ1v) is 16.2. The van der Waals surface area contributed by atoms with Crippen molar-refractivity contribution in [2.24, 2.45) is 0 Å². The fourth-order valence-electron chi connectivity index (χ4n) is 7.47. The standard InChI is InChI=1S/C43H28N4/c1-2-47-39-15-4-3-14-38(39)46-43(47)31-11-5-10-29(24-31)36-22-19-27-16-17-28-20-23-37(45-42(28)41(27)44-36)30-18-21-32-33-12-6-8-26-9-7-13-34(40(26)33)35(32)25-30/h3-25H,2H2,1H3. The summed E-state index contributed by atoms with van der Waals surface area (Å²) in [5.41, 5.74) is 14.3. The number of nitrogens with zero attached hydrogens (tertiary/aromatic N) is 4. The Hall–Kier alpha value is -6.13. The molecule has 220 valence electrons. The Morgan fingerprint density at radius 3 is 1.85 bits per heavy atom. The summed E-state index contributed by atoms with van der Waals surface area (Å²) in [7, 11) is 0. The predicted octanol–water partition coefficient (Wildman–Crippen LogP) is 11.0. The SMILES string of the molecule is CCn1c(-c2cccc(-c3ccc4ccc5ccc(-c6ccc7c(c6)-c6cccc8cccc-7c68)nc5c4n3)c2)nc2ccccc21. The highest BCUT2D eigenvalue weighted by atomic mass is 15.1. The molecule has 0 amide bonds. The highest BCUT2D eigenvalue weighted by Gasteiger charge is 2.22. The fraction of sp³-hybridized carbons (Fsp3) is 0.0465. The van der Waals surface area contributed by atoms with E-state index in [2.05, 4.69) is 145 Å². The lowest BCUT2D eigenvalue weighted by atomic mass is 9.99. The van der Waals surface area contributed by atoms with Crippen molar-refractivity contribution >= 4 is 43.6 Å². The van der Waals surface area contributed by atoms with Gasteiger partial charge >= 0.3 is 0 Å². The molecule has 6 aromatic carbocycles. The zero-order valence-corrected chi connectivity index (χ0v) is 25.8. The van der Waals surface area contributed by atoms with E-state index in [9.17, 15) is 0 Å². The lowest BCUT2D eigenvalue weighted by Crippen LogP contribution is -1.97. The van der Waals surface area contributed by atoms with E-state index >= 15 is 0 Å². The number of para-hydroxylation sites is 2. The monoisotopic (exact) mass is 600 g/mol. The lowest BCUT2D eigenvalue weighted by Gasteiger charge is -2.10. The molecule has 3 aromatic heterocycles. The van der Waals surface area contributed by atoms with Crippen molar-refractivity contribution in [1.29, 1.82) is 0 Å². The summed E-state index contributed by atoms with van der Waals surface area (Å²) in [6.07, 6.45) is 0. The summed E-state index contributed by atoms with van der Waals surface area (Å²) in [6.45, 7) is 3.02. The van der Waals surface area contributed by atoms with Gasteiger partial charge < -0.3 is 4.57 Å². The molecule has 4 nitrogen and oxygen atoms in total. The van der Waals surface area contributed by atoms with Crippen molar-refractivity contribution in [2.75, 3.05) is 0 Å². The Kier molecular flexibility index (Phi) is 5.52. The van der Waals surface area contributed by atoms with Gasteiger partial charge in [-0.3, -0.25) is 0 Å². The molecule has 0 spiro atoms. The van der Waals surface area contributed by atoms with Gasteiger partial charge in [0.25, 0.3) is 0 Å². The van der Waals surface area contributed by atoms with Crippen molar-refractivity contribution in [3.05, 3.63) is 140 Å². The number of aryl methyl sites for hydroxylation is 1. The molecule has 10 rings (SSSR count). The summed E-state index contributed by atoms with van der Waals surface area (Å²) in [6, 6.07) is 49.7. The van der Waals surface area contributed by atoms with Gasteiger partial charge in [-0.1, -0.05) is 103 Å². The minimum absolute atomic E-state index is 0.848. The van der Waals surface area contributed by atoms with E-state index in [1.54, 1.807) is 0 Å². The number of hydrogen-bond donors (Lipinski definition) is 0. The van der Waals surface area contributed by atoms with Crippen LogP contribution in [0.2, 0.25) is 0 Å². The summed E-state index contributed by atoms with van der Waals surface area (Å²) in [5.74, 6) is 0.974. The van der Waals surface area contributed by atoms with E-state index in [4.69, 9.17) is 15.0 Å². The van der Waals surface area contributed by atoms with Crippen LogP contribution in [-0.2, 0) is 6.54 Å². The number of pyridine rings is 2. The molecule has 1 aliphatic carbocycles. The van der Waals surface area contributed by atoms with Crippen molar-refractivity contribution in [3.8, 4) is 56.2 Å². The molecular formula is C43H28N4. The van der Waals surface area contributed by atoms with E-state index in [-0.39, 0.29) is 0 Å². The summed E-state index contributed by atoms with van der Waals surface area (Å²) in [5, 5.41) is 4.78. The normalized spacial score (nSPS) is 12.0. The fourth-order valence-corrected chi connectivity index (χ4v) is 7.47. The van der Waals surface area contributed by atoms with Gasteiger partial charge in [0.2, 0.25) is 0 Å². The van der Waals surface area contributed by atoms with Gasteiger partial charge in [0.05, 0.1) is 33.5 Å². The number of aromatic nitrogens is 4. The molecule has 0 fully saturated rings. The number of fused-ring (bicyclic) bond motifs is 7. The van der Waals surface area contributed by atoms with Crippen LogP contribution in [-0.4, -0.2) is 19.5 Å². The molecule has 0 aliphatic heterocycles. The molecule has 4 heteroatoms. The van der Waals surface area contributed by atoms with Crippen LogP contribution in [0.5, 0.6) is 0 Å². The zero-order valence-electron chi connectivity index (χ0n) is 25.8. The van der Waals surface area contributed by atoms with Crippen molar-refractivity contribution in [2.45, 2.75) is 13.5 Å². The van der Waals surface area contributed by atoms with E-state index in [1.165, 1.54) is 33.0 Å². The van der Waals surface area contributed by atoms with Gasteiger partial charge in [0.1, 0.15) is 5.82 Å². The largest absolute Gasteiger partial charge is 0.324 e. The average molecular weight is 601 g/mol. The van der Waals surface area contributed by atoms with Crippen molar-refractivity contribution < 1.29 is 0 Å². The molecular weight excluding hydrogens is 573 g/mol. The highest BCUT2D eigenvalue weighted by Crippen LogP contribution is 2.48. The first-order chi connectivity index (χ1) is 23.2. The van der Waals surface area contributed by atoms with E-state index in [1.807, 2.05) is 6.07 Å². The van der Waals surface area contributed by atoms with Crippen LogP contribution in [0.1, 0.15) is 6.92 Å². The molecule has 3 heterocycles. The van der Waals surface area contributed by atoms with E-state index in [0.717, 1.165) is 73.3 Å². The molecule has 0 saturated carbocycles. The Bertz CT molecular complexity index is 2730. The van der Waals surface area contributed by atoms with Gasteiger partial charge in [-0.05, 0) is 76.3 Å². The van der Waals surface area contributed by atoms with Crippen LogP contribution in [0, 0.1) is 0 Å². The third-order valence-corrected chi connectivity index (χ3v) is 9.71. The first-order valence-electron chi connectivity index (χ1n) is 16.2. The minimum atomic E-state index is 0.848. The van der Waals surface area contributed by atoms with Crippen LogP contribution in [0.15, 0.2) is 140 Å². The van der Waals surface area contributed by atoms with Crippen molar-refractivity contribution in [3.63, 3.8) is 0 Å². The molecule has 0 atom stereocenters. The van der Waals surface area contributed by atoms with Crippen LogP contribution < -0.4 is 0 Å². The molecule has 1 aliphatic rings. The van der Waals surface area contributed by atoms with E-state index < -0.39 is 0 Å². The second-order valence-corrected chi connectivity index (χ2v) is 12.3. The number of imidazole rings is 1. The van der Waals surface area contributed by atoms with Gasteiger partial charge in [0.15, 0.2) is 0 Å². The molecule has 0 unspecified atom stereocenters.